The number of piperazine rings is 1. The average Bonchev–Trinajstić information content (AvgIpc) is 2.72. The molecule has 3 rings (SSSR count). The number of carbonyl (C=O) groups excluding carboxylic acids is 2. The number of rotatable bonds is 4. The molecule has 0 bridgehead atoms. The number of anilines is 1. The summed E-state index contributed by atoms with van der Waals surface area (Å²) in [6.45, 7) is 3.70. The van der Waals surface area contributed by atoms with Crippen molar-refractivity contribution < 1.29 is 22.8 Å². The van der Waals surface area contributed by atoms with Gasteiger partial charge in [-0.3, -0.25) is 9.59 Å². The Kier molecular flexibility index (Phi) is 6.51. The third-order valence-electron chi connectivity index (χ3n) is 4.96. The maximum absolute atomic E-state index is 12.9. The smallest absolute Gasteiger partial charge is 0.368 e. The zero-order valence-electron chi connectivity index (χ0n) is 16.2. The van der Waals surface area contributed by atoms with Crippen LogP contribution in [0.15, 0.2) is 48.5 Å². The SMILES string of the molecule is CC(=O)c1ccc(N2CCN(C(=O)/C=C\c3cc(C(F)(F)F)ccc3Cl)CC2)cc1. The Morgan fingerprint density at radius 3 is 2.20 bits per heavy atom. The molecule has 0 atom stereocenters. The van der Waals surface area contributed by atoms with Crippen LogP contribution in [-0.2, 0) is 11.0 Å². The van der Waals surface area contributed by atoms with Gasteiger partial charge in [0, 0.05) is 48.5 Å². The summed E-state index contributed by atoms with van der Waals surface area (Å²) >= 11 is 5.96. The van der Waals surface area contributed by atoms with Gasteiger partial charge in [-0.1, -0.05) is 11.6 Å². The number of hydrogen-bond acceptors (Lipinski definition) is 3. The number of hydrogen-bond donors (Lipinski definition) is 0. The molecule has 8 heteroatoms. The summed E-state index contributed by atoms with van der Waals surface area (Å²) in [5, 5.41) is 0.144. The highest BCUT2D eigenvalue weighted by atomic mass is 35.5. The summed E-state index contributed by atoms with van der Waals surface area (Å²) in [5.74, 6) is -0.278. The minimum atomic E-state index is -4.48. The Hall–Kier alpha value is -2.80. The number of benzene rings is 2. The molecule has 0 unspecified atom stereocenters. The number of amides is 1. The van der Waals surface area contributed by atoms with E-state index in [9.17, 15) is 22.8 Å². The van der Waals surface area contributed by atoms with Crippen LogP contribution < -0.4 is 4.90 Å². The van der Waals surface area contributed by atoms with Crippen molar-refractivity contribution in [2.45, 2.75) is 13.1 Å². The van der Waals surface area contributed by atoms with Gasteiger partial charge in [0.15, 0.2) is 5.78 Å². The molecule has 0 aromatic heterocycles. The summed E-state index contributed by atoms with van der Waals surface area (Å²) < 4.78 is 38.6. The fraction of sp³-hybridized carbons (Fsp3) is 0.273. The molecule has 0 saturated carbocycles. The van der Waals surface area contributed by atoms with Crippen molar-refractivity contribution in [1.82, 2.24) is 4.90 Å². The van der Waals surface area contributed by atoms with Crippen LogP contribution in [0.2, 0.25) is 5.02 Å². The van der Waals surface area contributed by atoms with Crippen LogP contribution in [0.3, 0.4) is 0 Å². The van der Waals surface area contributed by atoms with E-state index in [1.807, 2.05) is 12.1 Å². The van der Waals surface area contributed by atoms with Gasteiger partial charge in [-0.2, -0.15) is 13.2 Å². The van der Waals surface area contributed by atoms with Gasteiger partial charge in [0.1, 0.15) is 0 Å². The number of Topliss-reactive ketones (excluding diaryl/α,β-unsaturated/α-hetero) is 1. The molecule has 0 N–H and O–H groups in total. The van der Waals surface area contributed by atoms with Crippen molar-refractivity contribution in [3.63, 3.8) is 0 Å². The van der Waals surface area contributed by atoms with E-state index >= 15 is 0 Å². The second kappa shape index (κ2) is 8.92. The Morgan fingerprint density at radius 2 is 1.63 bits per heavy atom. The van der Waals surface area contributed by atoms with Crippen LogP contribution in [0, 0.1) is 0 Å². The van der Waals surface area contributed by atoms with Crippen LogP contribution in [0.25, 0.3) is 6.08 Å². The van der Waals surface area contributed by atoms with Crippen LogP contribution in [0.1, 0.15) is 28.4 Å². The van der Waals surface area contributed by atoms with Gasteiger partial charge in [0.05, 0.1) is 5.56 Å². The van der Waals surface area contributed by atoms with Crippen LogP contribution >= 0.6 is 11.6 Å². The van der Waals surface area contributed by atoms with Crippen LogP contribution in [0.5, 0.6) is 0 Å². The van der Waals surface area contributed by atoms with E-state index in [2.05, 4.69) is 4.90 Å². The number of halogens is 4. The number of alkyl halides is 3. The lowest BCUT2D eigenvalue weighted by atomic mass is 10.1. The lowest BCUT2D eigenvalue weighted by Crippen LogP contribution is -2.48. The van der Waals surface area contributed by atoms with Crippen molar-refractivity contribution in [3.8, 4) is 0 Å². The van der Waals surface area contributed by atoms with Gasteiger partial charge >= 0.3 is 6.18 Å². The Morgan fingerprint density at radius 1 is 1.00 bits per heavy atom. The van der Waals surface area contributed by atoms with E-state index in [1.165, 1.54) is 25.1 Å². The maximum Gasteiger partial charge on any atom is 0.416 e. The standard InChI is InChI=1S/C22H20ClF3N2O2/c1-15(29)16-2-6-19(7-3-16)27-10-12-28(13-11-27)21(30)9-4-17-14-18(22(24,25)26)5-8-20(17)23/h2-9,14H,10-13H2,1H3/b9-4-. The second-order valence-electron chi connectivity index (χ2n) is 6.98. The monoisotopic (exact) mass is 436 g/mol. The molecule has 2 aromatic carbocycles. The summed E-state index contributed by atoms with van der Waals surface area (Å²) in [4.78, 5) is 27.6. The third kappa shape index (κ3) is 5.21. The van der Waals surface area contributed by atoms with Crippen LogP contribution in [0.4, 0.5) is 18.9 Å². The molecule has 30 heavy (non-hydrogen) atoms. The molecule has 1 saturated heterocycles. The second-order valence-corrected chi connectivity index (χ2v) is 7.39. The molecule has 2 aromatic rings. The first-order valence-electron chi connectivity index (χ1n) is 9.35. The maximum atomic E-state index is 12.9. The van der Waals surface area contributed by atoms with Gasteiger partial charge < -0.3 is 9.80 Å². The van der Waals surface area contributed by atoms with E-state index in [-0.39, 0.29) is 22.3 Å². The highest BCUT2D eigenvalue weighted by Crippen LogP contribution is 2.32. The number of nitrogens with zero attached hydrogens (tertiary/aromatic N) is 2. The van der Waals surface area contributed by atoms with Crippen molar-refractivity contribution in [2.24, 2.45) is 0 Å². The Bertz CT molecular complexity index is 963. The van der Waals surface area contributed by atoms with E-state index < -0.39 is 11.7 Å². The van der Waals surface area contributed by atoms with Gasteiger partial charge in [-0.15, -0.1) is 0 Å². The fourth-order valence-corrected chi connectivity index (χ4v) is 3.39. The molecule has 0 radical (unpaired) electrons. The van der Waals surface area contributed by atoms with Crippen molar-refractivity contribution in [3.05, 3.63) is 70.3 Å². The predicted octanol–water partition coefficient (Wildman–Crippen LogP) is 4.92. The lowest BCUT2D eigenvalue weighted by Gasteiger charge is -2.35. The molecule has 0 spiro atoms. The van der Waals surface area contributed by atoms with Gasteiger partial charge in [-0.25, -0.2) is 0 Å². The molecular weight excluding hydrogens is 417 g/mol. The zero-order valence-corrected chi connectivity index (χ0v) is 17.0. The van der Waals surface area contributed by atoms with Crippen molar-refractivity contribution in [1.29, 1.82) is 0 Å². The lowest BCUT2D eigenvalue weighted by molar-refractivity contribution is -0.137. The minimum absolute atomic E-state index is 0.00428. The first-order valence-corrected chi connectivity index (χ1v) is 9.72. The molecule has 1 fully saturated rings. The average molecular weight is 437 g/mol. The molecule has 1 aliphatic rings. The zero-order chi connectivity index (χ0) is 21.9. The first kappa shape index (κ1) is 21.9. The minimum Gasteiger partial charge on any atom is -0.368 e. The van der Waals surface area contributed by atoms with E-state index in [1.54, 1.807) is 17.0 Å². The summed E-state index contributed by atoms with van der Waals surface area (Å²) in [6.07, 6.45) is -1.92. The van der Waals surface area contributed by atoms with E-state index in [4.69, 9.17) is 11.6 Å². The van der Waals surface area contributed by atoms with Crippen molar-refractivity contribution >= 4 is 35.1 Å². The molecule has 4 nitrogen and oxygen atoms in total. The number of carbonyl (C=O) groups is 2. The predicted molar refractivity (Wildman–Crippen MR) is 111 cm³/mol. The fourth-order valence-electron chi connectivity index (χ4n) is 3.21. The molecule has 1 heterocycles. The van der Waals surface area contributed by atoms with Crippen LogP contribution in [-0.4, -0.2) is 42.8 Å². The highest BCUT2D eigenvalue weighted by Gasteiger charge is 2.30. The molecule has 1 amide bonds. The van der Waals surface area contributed by atoms with E-state index in [0.29, 0.717) is 31.7 Å². The Labute approximate surface area is 177 Å². The summed E-state index contributed by atoms with van der Waals surface area (Å²) in [7, 11) is 0. The van der Waals surface area contributed by atoms with Crippen molar-refractivity contribution in [2.75, 3.05) is 31.1 Å². The van der Waals surface area contributed by atoms with Gasteiger partial charge in [-0.05, 0) is 61.0 Å². The normalized spacial score (nSPS) is 15.0. The molecule has 1 aliphatic heterocycles. The largest absolute Gasteiger partial charge is 0.416 e. The molecule has 158 valence electrons. The molecular formula is C22H20ClF3N2O2. The van der Waals surface area contributed by atoms with Gasteiger partial charge in [0.25, 0.3) is 0 Å². The Balaban J connectivity index is 1.61. The highest BCUT2D eigenvalue weighted by molar-refractivity contribution is 6.32. The van der Waals surface area contributed by atoms with E-state index in [0.717, 1.165) is 17.8 Å². The number of ketones is 1. The quantitative estimate of drug-likeness (QED) is 0.504. The van der Waals surface area contributed by atoms with Gasteiger partial charge in [0.2, 0.25) is 5.91 Å². The summed E-state index contributed by atoms with van der Waals surface area (Å²) in [5.41, 5.74) is 0.941. The third-order valence-corrected chi connectivity index (χ3v) is 5.30. The first-order chi connectivity index (χ1) is 14.1. The molecule has 0 aliphatic carbocycles. The topological polar surface area (TPSA) is 40.6 Å². The summed E-state index contributed by atoms with van der Waals surface area (Å²) in [6, 6.07) is 10.3.